The molecule has 2 aromatic heterocycles. The highest BCUT2D eigenvalue weighted by atomic mass is 35.5. The van der Waals surface area contributed by atoms with Crippen LogP contribution in [0.1, 0.15) is 21.5 Å². The second-order valence-corrected chi connectivity index (χ2v) is 12.1. The Bertz CT molecular complexity index is 1710. The molecule has 10 heteroatoms. The lowest BCUT2D eigenvalue weighted by Gasteiger charge is -2.21. The molecule has 0 spiro atoms. The van der Waals surface area contributed by atoms with Crippen molar-refractivity contribution in [2.24, 2.45) is 0 Å². The number of carbonyl (C=O) groups excluding carboxylic acids is 1. The number of benzene rings is 3. The van der Waals surface area contributed by atoms with Gasteiger partial charge in [-0.2, -0.15) is 0 Å². The minimum atomic E-state index is -3.80. The van der Waals surface area contributed by atoms with E-state index >= 15 is 0 Å². The number of halogens is 1. The Morgan fingerprint density at radius 1 is 1.00 bits per heavy atom. The highest BCUT2D eigenvalue weighted by Gasteiger charge is 2.25. The molecule has 1 amide bonds. The number of nitrogens with zero attached hydrogens (tertiary/aromatic N) is 4. The Kier molecular flexibility index (Phi) is 7.16. The summed E-state index contributed by atoms with van der Waals surface area (Å²) in [6.45, 7) is 2.17. The van der Waals surface area contributed by atoms with Crippen molar-refractivity contribution in [1.82, 2.24) is 9.97 Å². The highest BCUT2D eigenvalue weighted by Crippen LogP contribution is 2.34. The van der Waals surface area contributed by atoms with E-state index in [1.165, 1.54) is 47.0 Å². The summed E-state index contributed by atoms with van der Waals surface area (Å²) in [7, 11) is -2.30. The molecule has 3 aromatic carbocycles. The lowest BCUT2D eigenvalue weighted by atomic mass is 10.2. The van der Waals surface area contributed by atoms with Crippen molar-refractivity contribution >= 4 is 59.9 Å². The van der Waals surface area contributed by atoms with Crippen LogP contribution in [0, 0.1) is 6.92 Å². The molecule has 38 heavy (non-hydrogen) atoms. The quantitative estimate of drug-likeness (QED) is 0.231. The Balaban J connectivity index is 1.49. The van der Waals surface area contributed by atoms with Crippen LogP contribution in [-0.2, 0) is 16.6 Å². The Morgan fingerprint density at radius 2 is 1.74 bits per heavy atom. The first-order valence-corrected chi connectivity index (χ1v) is 14.3. The molecule has 5 rings (SSSR count). The maximum atomic E-state index is 13.8. The van der Waals surface area contributed by atoms with Crippen molar-refractivity contribution in [2.45, 2.75) is 18.4 Å². The van der Waals surface area contributed by atoms with E-state index in [9.17, 15) is 13.2 Å². The first kappa shape index (κ1) is 25.8. The maximum Gasteiger partial charge on any atom is 0.264 e. The summed E-state index contributed by atoms with van der Waals surface area (Å²) >= 11 is 7.62. The molecule has 0 bridgehead atoms. The molecule has 2 heterocycles. The van der Waals surface area contributed by atoms with Gasteiger partial charge in [0.1, 0.15) is 0 Å². The Morgan fingerprint density at radius 3 is 2.42 bits per heavy atom. The summed E-state index contributed by atoms with van der Waals surface area (Å²) in [6, 6.07) is 22.1. The molecular formula is C28H23ClN4O3S2. The molecule has 0 aliphatic rings. The van der Waals surface area contributed by atoms with Crippen molar-refractivity contribution < 1.29 is 13.2 Å². The highest BCUT2D eigenvalue weighted by molar-refractivity contribution is 7.92. The number of hydrogen-bond donors (Lipinski definition) is 0. The molecule has 5 aromatic rings. The second kappa shape index (κ2) is 10.5. The van der Waals surface area contributed by atoms with Gasteiger partial charge in [0.05, 0.1) is 27.3 Å². The summed E-state index contributed by atoms with van der Waals surface area (Å²) in [5.41, 5.74) is 3.41. The molecule has 0 aliphatic carbocycles. The van der Waals surface area contributed by atoms with Gasteiger partial charge in [-0.05, 0) is 72.6 Å². The Labute approximate surface area is 230 Å². The number of anilines is 2. The zero-order chi connectivity index (χ0) is 26.9. The third-order valence-corrected chi connectivity index (χ3v) is 9.10. The number of para-hydroxylation sites is 1. The first-order chi connectivity index (χ1) is 18.2. The molecular weight excluding hydrogens is 540 g/mol. The van der Waals surface area contributed by atoms with Gasteiger partial charge in [-0.1, -0.05) is 47.2 Å². The summed E-state index contributed by atoms with van der Waals surface area (Å²) in [6.07, 6.45) is 3.37. The van der Waals surface area contributed by atoms with Crippen LogP contribution in [-0.4, -0.2) is 31.3 Å². The minimum absolute atomic E-state index is 0.0875. The van der Waals surface area contributed by atoms with Crippen molar-refractivity contribution in [2.75, 3.05) is 16.3 Å². The predicted molar refractivity (Wildman–Crippen MR) is 153 cm³/mol. The summed E-state index contributed by atoms with van der Waals surface area (Å²) < 4.78 is 28.4. The minimum Gasteiger partial charge on any atom is -0.279 e. The number of aryl methyl sites for hydroxylation is 1. The normalized spacial score (nSPS) is 11.4. The number of amides is 1. The standard InChI is InChI=1S/C28H23ClN4O3S2/c1-19-15-22(29)16-25-26(19)31-28(37-25)33(18-20-7-6-14-30-17-20)27(34)21-10-12-24(13-11-21)38(35,36)32(2)23-8-4-3-5-9-23/h3-17H,18H2,1-2H3. The van der Waals surface area contributed by atoms with Crippen LogP contribution in [0.3, 0.4) is 0 Å². The number of hydrogen-bond acceptors (Lipinski definition) is 6. The van der Waals surface area contributed by atoms with E-state index in [0.29, 0.717) is 21.4 Å². The van der Waals surface area contributed by atoms with E-state index in [1.807, 2.05) is 37.3 Å². The predicted octanol–water partition coefficient (Wildman–Crippen LogP) is 6.33. The number of carbonyl (C=O) groups is 1. The van der Waals surface area contributed by atoms with Gasteiger partial charge in [0, 0.05) is 30.0 Å². The fourth-order valence-electron chi connectivity index (χ4n) is 4.02. The second-order valence-electron chi connectivity index (χ2n) is 8.65. The average molecular weight is 563 g/mol. The maximum absolute atomic E-state index is 13.8. The third-order valence-electron chi connectivity index (χ3n) is 6.06. The topological polar surface area (TPSA) is 83.5 Å². The van der Waals surface area contributed by atoms with Gasteiger partial charge in [0.15, 0.2) is 5.13 Å². The largest absolute Gasteiger partial charge is 0.279 e. The average Bonchev–Trinajstić information content (AvgIpc) is 3.36. The van der Waals surface area contributed by atoms with Gasteiger partial charge >= 0.3 is 0 Å². The van der Waals surface area contributed by atoms with Crippen molar-refractivity contribution in [3.8, 4) is 0 Å². The molecule has 0 fully saturated rings. The summed E-state index contributed by atoms with van der Waals surface area (Å²) in [4.78, 5) is 24.4. The summed E-state index contributed by atoms with van der Waals surface area (Å²) in [5, 5.41) is 1.12. The van der Waals surface area contributed by atoms with Gasteiger partial charge in [0.25, 0.3) is 15.9 Å². The van der Waals surface area contributed by atoms with Gasteiger partial charge in [-0.3, -0.25) is 19.0 Å². The van der Waals surface area contributed by atoms with E-state index in [2.05, 4.69) is 4.98 Å². The molecule has 7 nitrogen and oxygen atoms in total. The van der Waals surface area contributed by atoms with Crippen LogP contribution in [0.15, 0.2) is 96.2 Å². The van der Waals surface area contributed by atoms with Crippen molar-refractivity contribution in [3.05, 3.63) is 113 Å². The van der Waals surface area contributed by atoms with Crippen molar-refractivity contribution in [1.29, 1.82) is 0 Å². The van der Waals surface area contributed by atoms with Crippen molar-refractivity contribution in [3.63, 3.8) is 0 Å². The first-order valence-electron chi connectivity index (χ1n) is 11.7. The Hall–Kier alpha value is -3.79. The number of fused-ring (bicyclic) bond motifs is 1. The molecule has 0 aliphatic heterocycles. The van der Waals surface area contributed by atoms with E-state index in [4.69, 9.17) is 16.6 Å². The molecule has 192 valence electrons. The fraction of sp³-hybridized carbons (Fsp3) is 0.107. The summed E-state index contributed by atoms with van der Waals surface area (Å²) in [5.74, 6) is -0.308. The zero-order valence-corrected chi connectivity index (χ0v) is 23.0. The van der Waals surface area contributed by atoms with Gasteiger partial charge in [-0.15, -0.1) is 0 Å². The van der Waals surface area contributed by atoms with E-state index in [-0.39, 0.29) is 17.3 Å². The third kappa shape index (κ3) is 5.13. The number of thiazole rings is 1. The zero-order valence-electron chi connectivity index (χ0n) is 20.6. The smallest absolute Gasteiger partial charge is 0.264 e. The molecule has 0 saturated heterocycles. The molecule has 0 saturated carbocycles. The van der Waals surface area contributed by atoms with E-state index < -0.39 is 10.0 Å². The van der Waals surface area contributed by atoms with Crippen LogP contribution < -0.4 is 9.21 Å². The number of pyridine rings is 1. The lowest BCUT2D eigenvalue weighted by Crippen LogP contribution is -2.30. The van der Waals surface area contributed by atoms with E-state index in [0.717, 1.165) is 21.3 Å². The van der Waals surface area contributed by atoms with Gasteiger partial charge in [0.2, 0.25) is 0 Å². The monoisotopic (exact) mass is 562 g/mol. The number of sulfonamides is 1. The van der Waals surface area contributed by atoms with Crippen LogP contribution in [0.4, 0.5) is 10.8 Å². The number of aromatic nitrogens is 2. The van der Waals surface area contributed by atoms with E-state index in [1.54, 1.807) is 41.6 Å². The van der Waals surface area contributed by atoms with Gasteiger partial charge < -0.3 is 0 Å². The van der Waals surface area contributed by atoms with Gasteiger partial charge in [-0.25, -0.2) is 13.4 Å². The van der Waals surface area contributed by atoms with Crippen LogP contribution in [0.2, 0.25) is 5.02 Å². The number of rotatable bonds is 7. The van der Waals surface area contributed by atoms with Crippen LogP contribution in [0.25, 0.3) is 10.2 Å². The molecule has 0 unspecified atom stereocenters. The SMILES string of the molecule is Cc1cc(Cl)cc2sc(N(Cc3cccnc3)C(=O)c3ccc(S(=O)(=O)N(C)c4ccccc4)cc3)nc12. The lowest BCUT2D eigenvalue weighted by molar-refractivity contribution is 0.0985. The molecule has 0 atom stereocenters. The fourth-order valence-corrected chi connectivity index (χ4v) is 6.63. The van der Waals surface area contributed by atoms with Crippen LogP contribution >= 0.6 is 22.9 Å². The molecule has 0 radical (unpaired) electrons. The van der Waals surface area contributed by atoms with Crippen LogP contribution in [0.5, 0.6) is 0 Å². The molecule has 0 N–H and O–H groups in total.